The van der Waals surface area contributed by atoms with Gasteiger partial charge in [-0.25, -0.2) is 0 Å². The maximum absolute atomic E-state index is 9.74. The van der Waals surface area contributed by atoms with Crippen LogP contribution in [-0.4, -0.2) is 26.8 Å². The summed E-state index contributed by atoms with van der Waals surface area (Å²) >= 11 is 0. The first-order valence-corrected chi connectivity index (χ1v) is 3.08. The van der Waals surface area contributed by atoms with Crippen LogP contribution in [-0.2, 0) is 14.3 Å². The summed E-state index contributed by atoms with van der Waals surface area (Å²) in [5.41, 5.74) is 0. The van der Waals surface area contributed by atoms with Gasteiger partial charge in [-0.1, -0.05) is 6.08 Å². The van der Waals surface area contributed by atoms with Crippen LogP contribution < -0.4 is 0 Å². The minimum Gasteiger partial charge on any atom is -0.359 e. The van der Waals surface area contributed by atoms with Gasteiger partial charge in [0.15, 0.2) is 0 Å². The van der Waals surface area contributed by atoms with Gasteiger partial charge < -0.3 is 9.47 Å². The third kappa shape index (κ3) is 7.33. The van der Waals surface area contributed by atoms with Crippen molar-refractivity contribution in [2.75, 3.05) is 20.5 Å². The molecule has 0 bridgehead atoms. The summed E-state index contributed by atoms with van der Waals surface area (Å²) in [5, 5.41) is 0. The quantitative estimate of drug-likeness (QED) is 0.239. The Hall–Kier alpha value is -0.670. The van der Waals surface area contributed by atoms with Crippen molar-refractivity contribution in [3.63, 3.8) is 0 Å². The summed E-state index contributed by atoms with van der Waals surface area (Å²) in [4.78, 5) is 9.74. The average Bonchev–Trinajstić information content (AvgIpc) is 1.97. The largest absolute Gasteiger partial charge is 0.359 e. The smallest absolute Gasteiger partial charge is 0.146 e. The van der Waals surface area contributed by atoms with Gasteiger partial charge in [0.1, 0.15) is 13.1 Å². The molecule has 0 aromatic rings. The van der Waals surface area contributed by atoms with Crippen molar-refractivity contribution >= 4 is 6.29 Å². The molecule has 0 aliphatic heterocycles. The standard InChI is InChI=1S/C7H12O3/c1-9-7-10-6-4-2-3-5-8/h2-3,5H,4,6-7H2,1H3/b3-2+. The van der Waals surface area contributed by atoms with Crippen molar-refractivity contribution in [1.82, 2.24) is 0 Å². The number of aldehydes is 1. The van der Waals surface area contributed by atoms with Crippen LogP contribution >= 0.6 is 0 Å². The van der Waals surface area contributed by atoms with Crippen LogP contribution in [0.3, 0.4) is 0 Å². The van der Waals surface area contributed by atoms with Crippen LogP contribution in [0, 0.1) is 0 Å². The molecule has 0 saturated heterocycles. The van der Waals surface area contributed by atoms with Crippen molar-refractivity contribution in [2.24, 2.45) is 0 Å². The molecular formula is C7H12O3. The second kappa shape index (κ2) is 8.33. The van der Waals surface area contributed by atoms with E-state index < -0.39 is 0 Å². The number of allylic oxidation sites excluding steroid dienone is 1. The zero-order valence-electron chi connectivity index (χ0n) is 6.08. The van der Waals surface area contributed by atoms with Crippen molar-refractivity contribution < 1.29 is 14.3 Å². The molecule has 3 heteroatoms. The van der Waals surface area contributed by atoms with Crippen LogP contribution in [0.2, 0.25) is 0 Å². The van der Waals surface area contributed by atoms with Crippen molar-refractivity contribution in [3.05, 3.63) is 12.2 Å². The highest BCUT2D eigenvalue weighted by Crippen LogP contribution is 1.83. The van der Waals surface area contributed by atoms with Gasteiger partial charge in [0.2, 0.25) is 0 Å². The lowest BCUT2D eigenvalue weighted by atomic mass is 10.4. The summed E-state index contributed by atoms with van der Waals surface area (Å²) in [5.74, 6) is 0. The van der Waals surface area contributed by atoms with Gasteiger partial charge in [0.05, 0.1) is 6.61 Å². The molecule has 0 rings (SSSR count). The lowest BCUT2D eigenvalue weighted by Crippen LogP contribution is -1.96. The number of carbonyl (C=O) groups is 1. The highest BCUT2D eigenvalue weighted by atomic mass is 16.7. The zero-order valence-corrected chi connectivity index (χ0v) is 6.08. The van der Waals surface area contributed by atoms with Gasteiger partial charge in [0.25, 0.3) is 0 Å². The molecule has 0 atom stereocenters. The molecule has 0 unspecified atom stereocenters. The van der Waals surface area contributed by atoms with Crippen LogP contribution in [0.4, 0.5) is 0 Å². The van der Waals surface area contributed by atoms with Gasteiger partial charge in [0, 0.05) is 7.11 Å². The average molecular weight is 144 g/mol. The van der Waals surface area contributed by atoms with E-state index in [2.05, 4.69) is 4.74 Å². The molecule has 3 nitrogen and oxygen atoms in total. The SMILES string of the molecule is COCOCC/C=C/C=O. The first-order valence-electron chi connectivity index (χ1n) is 3.08. The number of ether oxygens (including phenoxy) is 2. The minimum absolute atomic E-state index is 0.314. The topological polar surface area (TPSA) is 35.5 Å². The van der Waals surface area contributed by atoms with E-state index in [1.165, 1.54) is 6.08 Å². The Bertz CT molecular complexity index is 99.0. The van der Waals surface area contributed by atoms with Gasteiger partial charge in [-0.2, -0.15) is 0 Å². The molecule has 0 amide bonds. The summed E-state index contributed by atoms with van der Waals surface area (Å²) in [6.45, 7) is 0.910. The van der Waals surface area contributed by atoms with Gasteiger partial charge in [-0.05, 0) is 12.5 Å². The molecule has 0 saturated carbocycles. The Kier molecular flexibility index (Phi) is 7.77. The monoisotopic (exact) mass is 144 g/mol. The number of hydrogen-bond donors (Lipinski definition) is 0. The molecule has 0 aromatic heterocycles. The summed E-state index contributed by atoms with van der Waals surface area (Å²) < 4.78 is 9.57. The fraction of sp³-hybridized carbons (Fsp3) is 0.571. The maximum Gasteiger partial charge on any atom is 0.146 e. The molecule has 0 N–H and O–H groups in total. The van der Waals surface area contributed by atoms with E-state index in [-0.39, 0.29) is 0 Å². The first-order chi connectivity index (χ1) is 4.91. The molecule has 0 aliphatic rings. The molecule has 0 aliphatic carbocycles. The molecular weight excluding hydrogens is 132 g/mol. The third-order valence-electron chi connectivity index (χ3n) is 0.845. The van der Waals surface area contributed by atoms with E-state index >= 15 is 0 Å². The Morgan fingerprint density at radius 1 is 1.50 bits per heavy atom. The first kappa shape index (κ1) is 9.33. The highest BCUT2D eigenvalue weighted by molar-refractivity contribution is 5.64. The van der Waals surface area contributed by atoms with E-state index in [0.29, 0.717) is 13.4 Å². The molecule has 0 heterocycles. The Morgan fingerprint density at radius 2 is 2.30 bits per heavy atom. The summed E-state index contributed by atoms with van der Waals surface area (Å²) in [6, 6.07) is 0. The second-order valence-electron chi connectivity index (χ2n) is 1.67. The van der Waals surface area contributed by atoms with E-state index in [9.17, 15) is 4.79 Å². The van der Waals surface area contributed by atoms with Crippen LogP contribution in [0.5, 0.6) is 0 Å². The summed E-state index contributed by atoms with van der Waals surface area (Å²) in [6.07, 6.45) is 4.71. The van der Waals surface area contributed by atoms with Crippen molar-refractivity contribution in [1.29, 1.82) is 0 Å². The Morgan fingerprint density at radius 3 is 2.90 bits per heavy atom. The van der Waals surface area contributed by atoms with Crippen LogP contribution in [0.1, 0.15) is 6.42 Å². The maximum atomic E-state index is 9.74. The van der Waals surface area contributed by atoms with E-state index in [1.54, 1.807) is 13.2 Å². The molecule has 10 heavy (non-hydrogen) atoms. The predicted molar refractivity (Wildman–Crippen MR) is 37.6 cm³/mol. The molecule has 0 fully saturated rings. The lowest BCUT2D eigenvalue weighted by molar-refractivity contribution is -0.104. The minimum atomic E-state index is 0.314. The molecule has 0 aromatic carbocycles. The fourth-order valence-electron chi connectivity index (χ4n) is 0.445. The summed E-state index contributed by atoms with van der Waals surface area (Å²) in [7, 11) is 1.57. The normalized spacial score (nSPS) is 10.5. The van der Waals surface area contributed by atoms with Crippen molar-refractivity contribution in [3.8, 4) is 0 Å². The Labute approximate surface area is 60.6 Å². The molecule has 58 valence electrons. The number of hydrogen-bond acceptors (Lipinski definition) is 3. The number of carbonyl (C=O) groups excluding carboxylic acids is 1. The fourth-order valence-corrected chi connectivity index (χ4v) is 0.445. The number of rotatable bonds is 6. The lowest BCUT2D eigenvalue weighted by Gasteiger charge is -1.97. The van der Waals surface area contributed by atoms with E-state index in [4.69, 9.17) is 4.74 Å². The van der Waals surface area contributed by atoms with Gasteiger partial charge in [-0.15, -0.1) is 0 Å². The van der Waals surface area contributed by atoms with E-state index in [0.717, 1.165) is 12.7 Å². The van der Waals surface area contributed by atoms with Gasteiger partial charge >= 0.3 is 0 Å². The molecule has 0 spiro atoms. The third-order valence-corrected chi connectivity index (χ3v) is 0.845. The Balaban J connectivity index is 2.90. The molecule has 0 radical (unpaired) electrons. The van der Waals surface area contributed by atoms with Crippen LogP contribution in [0.25, 0.3) is 0 Å². The van der Waals surface area contributed by atoms with Crippen LogP contribution in [0.15, 0.2) is 12.2 Å². The van der Waals surface area contributed by atoms with Gasteiger partial charge in [-0.3, -0.25) is 4.79 Å². The second-order valence-corrected chi connectivity index (χ2v) is 1.67. The highest BCUT2D eigenvalue weighted by Gasteiger charge is 1.80. The van der Waals surface area contributed by atoms with E-state index in [1.807, 2.05) is 0 Å². The zero-order chi connectivity index (χ0) is 7.66. The van der Waals surface area contributed by atoms with Crippen molar-refractivity contribution in [2.45, 2.75) is 6.42 Å². The predicted octanol–water partition coefficient (Wildman–Crippen LogP) is 0.752. The number of methoxy groups -OCH3 is 1.